The van der Waals surface area contributed by atoms with Gasteiger partial charge in [-0.1, -0.05) is 12.1 Å². The van der Waals surface area contributed by atoms with Gasteiger partial charge in [-0.05, 0) is 93.7 Å². The zero-order chi connectivity index (χ0) is 31.7. The molecule has 11 nitrogen and oxygen atoms in total. The Bertz CT molecular complexity index is 1650. The third-order valence-corrected chi connectivity index (χ3v) is 9.76. The Labute approximate surface area is 254 Å². The fourth-order valence-electron chi connectivity index (χ4n) is 7.77. The molecule has 1 unspecified atom stereocenters. The number of phenols is 1. The number of likely N-dealkylation sites (N-methyl/N-ethyl adjacent to an activating group) is 1. The van der Waals surface area contributed by atoms with Crippen LogP contribution in [0, 0.1) is 11.8 Å². The molecule has 2 aromatic rings. The smallest absolute Gasteiger partial charge is 0.255 e. The van der Waals surface area contributed by atoms with Crippen LogP contribution in [0.15, 0.2) is 53.0 Å². The minimum atomic E-state index is -2.68. The lowest BCUT2D eigenvalue weighted by molar-refractivity contribution is -0.148. The normalized spacial score (nSPS) is 27.0. The number of carbonyl (C=O) groups excluding carboxylic acids is 3. The lowest BCUT2D eigenvalue weighted by atomic mass is 9.58. The number of ketones is 2. The van der Waals surface area contributed by atoms with Gasteiger partial charge in [0.15, 0.2) is 11.4 Å². The molecule has 0 saturated carbocycles. The average Bonchev–Trinajstić information content (AvgIpc) is 3.48. The van der Waals surface area contributed by atoms with Gasteiger partial charge in [-0.15, -0.1) is 0 Å². The van der Waals surface area contributed by atoms with Gasteiger partial charge in [-0.2, -0.15) is 0 Å². The highest BCUT2D eigenvalue weighted by Crippen LogP contribution is 2.53. The second kappa shape index (κ2) is 10.8. The van der Waals surface area contributed by atoms with Crippen LogP contribution in [0.3, 0.4) is 0 Å². The Morgan fingerprint density at radius 2 is 1.80 bits per heavy atom. The molecule has 0 radical (unpaired) electrons. The third kappa shape index (κ3) is 4.33. The van der Waals surface area contributed by atoms with E-state index in [1.54, 1.807) is 27.3 Å². The highest BCUT2D eigenvalue weighted by Gasteiger charge is 2.63. The second-order valence-electron chi connectivity index (χ2n) is 12.5. The van der Waals surface area contributed by atoms with E-state index >= 15 is 0 Å². The Hall–Kier alpha value is -4.19. The van der Waals surface area contributed by atoms with E-state index in [1.165, 1.54) is 11.0 Å². The second-order valence-corrected chi connectivity index (χ2v) is 12.5. The molecule has 0 bridgehead atoms. The van der Waals surface area contributed by atoms with Gasteiger partial charge in [0.25, 0.3) is 5.91 Å². The number of aliphatic hydroxyl groups is 3. The van der Waals surface area contributed by atoms with Crippen molar-refractivity contribution < 1.29 is 39.5 Å². The number of hydrogen-bond acceptors (Lipinski definition) is 10. The summed E-state index contributed by atoms with van der Waals surface area (Å²) in [6, 6.07) is 8.05. The molecular formula is C33H37N3O8. The maximum absolute atomic E-state index is 14.1. The van der Waals surface area contributed by atoms with E-state index in [9.17, 15) is 34.8 Å². The van der Waals surface area contributed by atoms with Gasteiger partial charge in [0.2, 0.25) is 5.78 Å². The van der Waals surface area contributed by atoms with Gasteiger partial charge in [0.1, 0.15) is 28.6 Å². The molecule has 1 amide bonds. The lowest BCUT2D eigenvalue weighted by Gasteiger charge is -2.50. The molecular weight excluding hydrogens is 566 g/mol. The molecule has 3 aliphatic carbocycles. The Morgan fingerprint density at radius 1 is 1.09 bits per heavy atom. The molecule has 232 valence electrons. The number of benzene rings is 2. The molecule has 0 aromatic heterocycles. The summed E-state index contributed by atoms with van der Waals surface area (Å²) in [7, 11) is 4.77. The number of rotatable bonds is 6. The Kier molecular flexibility index (Phi) is 7.30. The van der Waals surface area contributed by atoms with Crippen LogP contribution in [0.5, 0.6) is 11.5 Å². The summed E-state index contributed by atoms with van der Waals surface area (Å²) in [6.45, 7) is 2.82. The quantitative estimate of drug-likeness (QED) is 0.309. The highest BCUT2D eigenvalue weighted by molar-refractivity contribution is 6.25. The zero-order valence-electron chi connectivity index (χ0n) is 25.0. The summed E-state index contributed by atoms with van der Waals surface area (Å²) in [5.74, 6) is -6.18. The standard InChI is InChI=1S/C33H37N3O8/c1-35(2)27-21-14-17-13-20-18(19-12-16(6-9-23(19)44-3)15-36-10-4-5-11-36)7-8-22(37)25(20)28(38)24(17)30(40)33(21,43)31(41)26(29(27)39)32(34)42/h6-9,12,17,21,27,37,39-40,43H,4-5,10-11,13-15H2,1-3H3,(H2,34,42)/t17-,21-,27?,33-/m1/s1. The summed E-state index contributed by atoms with van der Waals surface area (Å²) in [5, 5.41) is 45.3. The number of aliphatic hydroxyl groups excluding tert-OH is 2. The van der Waals surface area contributed by atoms with E-state index in [2.05, 4.69) is 4.90 Å². The SMILES string of the molecule is COc1ccc(CN2CCCC2)cc1-c1ccc(O)c2c1C[C@@H]1C[C@@H]3C(N(C)C)C(O)=C(C(N)=O)C(=O)[C@]3(O)C(O)=C1C2=O. The van der Waals surface area contributed by atoms with Crippen LogP contribution in [-0.2, 0) is 22.6 Å². The molecule has 1 aliphatic heterocycles. The lowest BCUT2D eigenvalue weighted by Crippen LogP contribution is -2.63. The van der Waals surface area contributed by atoms with Crippen LogP contribution >= 0.6 is 0 Å². The maximum atomic E-state index is 14.1. The number of aromatic hydroxyl groups is 1. The molecule has 4 atom stereocenters. The van der Waals surface area contributed by atoms with Crippen LogP contribution in [0.2, 0.25) is 0 Å². The molecule has 6 N–H and O–H groups in total. The molecule has 1 heterocycles. The first kappa shape index (κ1) is 29.9. The van der Waals surface area contributed by atoms with E-state index in [0.717, 1.165) is 43.6 Å². The molecule has 1 fully saturated rings. The van der Waals surface area contributed by atoms with Crippen molar-refractivity contribution in [2.75, 3.05) is 34.3 Å². The third-order valence-electron chi connectivity index (χ3n) is 9.76. The van der Waals surface area contributed by atoms with Crippen molar-refractivity contribution in [3.05, 3.63) is 69.7 Å². The van der Waals surface area contributed by atoms with Crippen LogP contribution in [-0.4, -0.2) is 93.6 Å². The van der Waals surface area contributed by atoms with E-state index in [0.29, 0.717) is 16.9 Å². The van der Waals surface area contributed by atoms with Gasteiger partial charge in [0, 0.05) is 23.6 Å². The molecule has 2 aromatic carbocycles. The van der Waals surface area contributed by atoms with Crippen molar-refractivity contribution in [2.24, 2.45) is 17.6 Å². The molecule has 1 saturated heterocycles. The number of ether oxygens (including phenoxy) is 1. The first-order chi connectivity index (χ1) is 20.9. The number of nitrogens with two attached hydrogens (primary N) is 1. The largest absolute Gasteiger partial charge is 0.510 e. The van der Waals surface area contributed by atoms with Gasteiger partial charge in [-0.25, -0.2) is 0 Å². The summed E-state index contributed by atoms with van der Waals surface area (Å²) in [4.78, 5) is 43.8. The first-order valence-corrected chi connectivity index (χ1v) is 14.8. The number of carbonyl (C=O) groups is 3. The topological polar surface area (TPSA) is 174 Å². The van der Waals surface area contributed by atoms with Crippen LogP contribution in [0.4, 0.5) is 0 Å². The Balaban J connectivity index is 1.50. The zero-order valence-corrected chi connectivity index (χ0v) is 25.0. The van der Waals surface area contributed by atoms with Crippen LogP contribution < -0.4 is 10.5 Å². The summed E-state index contributed by atoms with van der Waals surface area (Å²) in [5.41, 5.74) is 4.76. The number of methoxy groups -OCH3 is 1. The van der Waals surface area contributed by atoms with E-state index in [4.69, 9.17) is 10.5 Å². The predicted molar refractivity (Wildman–Crippen MR) is 160 cm³/mol. The van der Waals surface area contributed by atoms with Gasteiger partial charge in [0.05, 0.1) is 18.7 Å². The number of likely N-dealkylation sites (tertiary alicyclic amines) is 1. The monoisotopic (exact) mass is 603 g/mol. The van der Waals surface area contributed by atoms with Crippen molar-refractivity contribution in [3.63, 3.8) is 0 Å². The van der Waals surface area contributed by atoms with E-state index in [1.807, 2.05) is 18.2 Å². The number of nitrogens with zero attached hydrogens (tertiary/aromatic N) is 2. The number of fused-ring (bicyclic) bond motifs is 3. The van der Waals surface area contributed by atoms with Gasteiger partial charge >= 0.3 is 0 Å². The van der Waals surface area contributed by atoms with Crippen LogP contribution in [0.25, 0.3) is 11.1 Å². The number of allylic oxidation sites excluding steroid dienone is 1. The van der Waals surface area contributed by atoms with E-state index < -0.39 is 58.0 Å². The number of Topliss-reactive ketones (excluding diaryl/α,β-unsaturated/α-hetero) is 2. The minimum absolute atomic E-state index is 0.0208. The van der Waals surface area contributed by atoms with Crippen LogP contribution in [0.1, 0.15) is 40.7 Å². The molecule has 4 aliphatic rings. The predicted octanol–water partition coefficient (Wildman–Crippen LogP) is 2.39. The molecule has 11 heteroatoms. The minimum Gasteiger partial charge on any atom is -0.510 e. The number of phenolic OH excluding ortho intramolecular Hbond substituents is 1. The molecule has 0 spiro atoms. The fraction of sp³-hybridized carbons (Fsp3) is 0.424. The summed E-state index contributed by atoms with van der Waals surface area (Å²) >= 11 is 0. The van der Waals surface area contributed by atoms with Gasteiger partial charge in [-0.3, -0.25) is 24.2 Å². The number of primary amides is 1. The van der Waals surface area contributed by atoms with Gasteiger partial charge < -0.3 is 30.9 Å². The Morgan fingerprint density at radius 3 is 2.43 bits per heavy atom. The maximum Gasteiger partial charge on any atom is 0.255 e. The van der Waals surface area contributed by atoms with E-state index in [-0.39, 0.29) is 29.7 Å². The first-order valence-electron chi connectivity index (χ1n) is 14.8. The van der Waals surface area contributed by atoms with Crippen molar-refractivity contribution in [3.8, 4) is 22.6 Å². The summed E-state index contributed by atoms with van der Waals surface area (Å²) < 4.78 is 5.72. The van der Waals surface area contributed by atoms with Crippen molar-refractivity contribution in [2.45, 2.75) is 43.9 Å². The molecule has 44 heavy (non-hydrogen) atoms. The highest BCUT2D eigenvalue weighted by atomic mass is 16.5. The number of amides is 1. The molecule has 6 rings (SSSR count). The summed E-state index contributed by atoms with van der Waals surface area (Å²) in [6.07, 6.45) is 2.54. The number of hydrogen-bond donors (Lipinski definition) is 5. The van der Waals surface area contributed by atoms with Crippen molar-refractivity contribution >= 4 is 17.5 Å². The van der Waals surface area contributed by atoms with Crippen molar-refractivity contribution in [1.82, 2.24) is 9.80 Å². The average molecular weight is 604 g/mol. The fourth-order valence-corrected chi connectivity index (χ4v) is 7.77. The van der Waals surface area contributed by atoms with Crippen molar-refractivity contribution in [1.29, 1.82) is 0 Å².